The molecule has 0 spiro atoms. The number of methoxy groups -OCH3 is 2. The van der Waals surface area contributed by atoms with Crippen LogP contribution in [-0.2, 0) is 34.4 Å². The number of aromatic nitrogens is 4. The van der Waals surface area contributed by atoms with Gasteiger partial charge < -0.3 is 29.4 Å². The number of nitrogens with zero attached hydrogens (tertiary/aromatic N) is 6. The van der Waals surface area contributed by atoms with Crippen molar-refractivity contribution in [3.05, 3.63) is 66.6 Å². The molecular formula is C23H18N6O4S4Zn. The van der Waals surface area contributed by atoms with Crippen molar-refractivity contribution in [2.24, 2.45) is 9.98 Å². The number of thiazole rings is 4. The van der Waals surface area contributed by atoms with E-state index in [9.17, 15) is 9.59 Å². The van der Waals surface area contributed by atoms with Gasteiger partial charge in [-0.1, -0.05) is 32.2 Å². The number of rotatable bonds is 6. The second kappa shape index (κ2) is 11.5. The molecule has 4 heterocycles. The normalized spacial score (nSPS) is 12.5. The van der Waals surface area contributed by atoms with E-state index in [1.54, 1.807) is 11.6 Å². The molecule has 0 atom stereocenters. The summed E-state index contributed by atoms with van der Waals surface area (Å²) >= 11 is 4.95. The van der Waals surface area contributed by atoms with Crippen LogP contribution in [0.2, 0.25) is 0 Å². The third-order valence-electron chi connectivity index (χ3n) is 5.24. The summed E-state index contributed by atoms with van der Waals surface area (Å²) in [4.78, 5) is 53.9. The molecule has 190 valence electrons. The fourth-order valence-corrected chi connectivity index (χ4v) is 6.97. The van der Waals surface area contributed by atoms with E-state index in [1.807, 2.05) is 38.1 Å². The summed E-state index contributed by atoms with van der Waals surface area (Å²) in [6.45, 7) is 3.65. The van der Waals surface area contributed by atoms with Crippen molar-refractivity contribution in [3.8, 4) is 0 Å². The maximum atomic E-state index is 12.8. The van der Waals surface area contributed by atoms with Crippen LogP contribution in [0.1, 0.15) is 44.6 Å². The first kappa shape index (κ1) is 28.2. The molecule has 5 rings (SSSR count). The van der Waals surface area contributed by atoms with E-state index in [1.165, 1.54) is 36.9 Å². The van der Waals surface area contributed by atoms with Gasteiger partial charge in [-0.05, 0) is 28.0 Å². The number of fused-ring (bicyclic) bond motifs is 1. The quantitative estimate of drug-likeness (QED) is 0.201. The molecule has 0 aliphatic carbocycles. The minimum absolute atomic E-state index is 0. The van der Waals surface area contributed by atoms with Crippen molar-refractivity contribution >= 4 is 77.8 Å². The summed E-state index contributed by atoms with van der Waals surface area (Å²) < 4.78 is 11.0. The zero-order chi connectivity index (χ0) is 26.2. The van der Waals surface area contributed by atoms with Crippen LogP contribution in [0, 0.1) is 0 Å². The van der Waals surface area contributed by atoms with E-state index in [2.05, 4.69) is 24.9 Å². The molecule has 4 aromatic heterocycles. The van der Waals surface area contributed by atoms with E-state index in [0.29, 0.717) is 31.3 Å². The second-order valence-electron chi connectivity index (χ2n) is 7.96. The van der Waals surface area contributed by atoms with Crippen molar-refractivity contribution in [1.29, 1.82) is 0 Å². The predicted molar refractivity (Wildman–Crippen MR) is 142 cm³/mol. The third-order valence-corrected chi connectivity index (χ3v) is 8.70. The molecule has 1 aromatic carbocycles. The van der Waals surface area contributed by atoms with Crippen LogP contribution in [0.25, 0.3) is 10.2 Å². The van der Waals surface area contributed by atoms with Gasteiger partial charge in [0.05, 0.1) is 30.1 Å². The molecule has 0 radical (unpaired) electrons. The smallest absolute Gasteiger partial charge is 0.465 e. The van der Waals surface area contributed by atoms with Gasteiger partial charge in [-0.25, -0.2) is 19.6 Å². The topological polar surface area (TPSA) is 131 Å². The standard InChI is InChI=1S/C23H20N6O4S4.Zn/c1-23(2,15-13(17(30)32-3)36-21(26-15)28-19-24-9-10-34-19)16-14(18(31)33-4)37-22(27-16)29-20-25-11-7-5-6-8-12(11)35-20;/h5-10H,1-4H3,(H2,24,25,26,27,28,29,30,31);/q;+2/p-2. The number of hydrogen-bond donors (Lipinski definition) is 0. The summed E-state index contributed by atoms with van der Waals surface area (Å²) in [7, 11) is 2.60. The van der Waals surface area contributed by atoms with Crippen molar-refractivity contribution in [1.82, 2.24) is 19.9 Å². The Morgan fingerprint density at radius 2 is 1.61 bits per heavy atom. The fraction of sp³-hybridized carbons (Fsp3) is 0.217. The van der Waals surface area contributed by atoms with E-state index in [4.69, 9.17) is 14.5 Å². The summed E-state index contributed by atoms with van der Waals surface area (Å²) in [5.74, 6) is -1.12. The molecule has 0 saturated carbocycles. The van der Waals surface area contributed by atoms with Crippen molar-refractivity contribution in [2.75, 3.05) is 14.2 Å². The maximum Gasteiger partial charge on any atom is 2.00 e. The van der Waals surface area contributed by atoms with E-state index >= 15 is 0 Å². The number of esters is 2. The van der Waals surface area contributed by atoms with Crippen LogP contribution in [0.15, 0.2) is 45.8 Å². The molecule has 0 aliphatic rings. The first-order valence-electron chi connectivity index (χ1n) is 10.7. The molecule has 0 bridgehead atoms. The Balaban J connectivity index is 0.00000336. The molecule has 10 nitrogen and oxygen atoms in total. The number of carbonyl (C=O) groups excluding carboxylic acids is 2. The Labute approximate surface area is 245 Å². The zero-order valence-electron chi connectivity index (χ0n) is 20.6. The summed E-state index contributed by atoms with van der Waals surface area (Å²) in [6.07, 6.45) is 1.64. The zero-order valence-corrected chi connectivity index (χ0v) is 26.9. The molecular weight excluding hydrogens is 618 g/mol. The van der Waals surface area contributed by atoms with Gasteiger partial charge in [-0.2, -0.15) is 11.3 Å². The Bertz CT molecular complexity index is 1710. The van der Waals surface area contributed by atoms with Crippen molar-refractivity contribution in [3.63, 3.8) is 0 Å². The fourth-order valence-electron chi connectivity index (χ4n) is 3.48. The number of para-hydroxylation sites is 1. The van der Waals surface area contributed by atoms with Crippen molar-refractivity contribution < 1.29 is 38.5 Å². The van der Waals surface area contributed by atoms with Gasteiger partial charge in [0.25, 0.3) is 0 Å². The van der Waals surface area contributed by atoms with Crippen LogP contribution < -0.4 is 19.6 Å². The van der Waals surface area contributed by atoms with Gasteiger partial charge in [0.1, 0.15) is 20.0 Å². The molecule has 0 aliphatic heterocycles. The summed E-state index contributed by atoms with van der Waals surface area (Å²) in [5.41, 5.74) is 0.582. The minimum atomic E-state index is -1.00. The van der Waals surface area contributed by atoms with Crippen LogP contribution in [-0.4, -0.2) is 36.1 Å². The van der Waals surface area contributed by atoms with E-state index < -0.39 is 17.4 Å². The van der Waals surface area contributed by atoms with Gasteiger partial charge in [0.2, 0.25) is 0 Å². The average molecular weight is 636 g/mol. The van der Waals surface area contributed by atoms with Crippen LogP contribution in [0.3, 0.4) is 0 Å². The molecule has 0 amide bonds. The largest absolute Gasteiger partial charge is 2.00 e. The molecule has 0 saturated heterocycles. The molecule has 5 aromatic rings. The molecule has 15 heteroatoms. The molecule has 0 unspecified atom stereocenters. The Kier molecular flexibility index (Phi) is 8.53. The van der Waals surface area contributed by atoms with Crippen LogP contribution >= 0.6 is 45.3 Å². The number of benzene rings is 1. The van der Waals surface area contributed by atoms with Gasteiger partial charge >= 0.3 is 31.4 Å². The SMILES string of the molecule is COC(=O)c1sc(/N=c2\[n-]ccs2)nc1C(C)(C)c1[n-]/c(=N\c2nc3ccccc3s2)sc1C(=O)OC.[Zn+2]. The van der Waals surface area contributed by atoms with Gasteiger partial charge in [-0.3, -0.25) is 0 Å². The first-order chi connectivity index (χ1) is 17.8. The summed E-state index contributed by atoms with van der Waals surface area (Å²) in [6, 6.07) is 7.72. The van der Waals surface area contributed by atoms with Gasteiger partial charge in [0.15, 0.2) is 0 Å². The Morgan fingerprint density at radius 1 is 0.921 bits per heavy atom. The predicted octanol–water partition coefficient (Wildman–Crippen LogP) is 4.15. The minimum Gasteiger partial charge on any atom is -0.465 e. The third kappa shape index (κ3) is 5.47. The monoisotopic (exact) mass is 634 g/mol. The molecule has 0 N–H and O–H groups in total. The van der Waals surface area contributed by atoms with Crippen LogP contribution in [0.4, 0.5) is 10.3 Å². The molecule has 0 fully saturated rings. The van der Waals surface area contributed by atoms with Crippen LogP contribution in [0.5, 0.6) is 0 Å². The number of hydrogen-bond acceptors (Lipinski definition) is 12. The maximum absolute atomic E-state index is 12.8. The average Bonchev–Trinajstić information content (AvgIpc) is 3.69. The first-order valence-corrected chi connectivity index (χ1v) is 14.0. The summed E-state index contributed by atoms with van der Waals surface area (Å²) in [5, 5.41) is 2.66. The number of carbonyl (C=O) groups is 2. The van der Waals surface area contributed by atoms with E-state index in [0.717, 1.165) is 32.9 Å². The second-order valence-corrected chi connectivity index (χ2v) is 11.8. The van der Waals surface area contributed by atoms with Gasteiger partial charge in [-0.15, -0.1) is 34.0 Å². The Morgan fingerprint density at radius 3 is 2.29 bits per heavy atom. The van der Waals surface area contributed by atoms with Gasteiger partial charge in [0, 0.05) is 10.2 Å². The van der Waals surface area contributed by atoms with Crippen molar-refractivity contribution in [2.45, 2.75) is 19.3 Å². The Hall–Kier alpha value is -2.84. The number of ether oxygens (including phenoxy) is 2. The molecule has 38 heavy (non-hydrogen) atoms. The van der Waals surface area contributed by atoms with E-state index in [-0.39, 0.29) is 29.2 Å².